The van der Waals surface area contributed by atoms with Crippen LogP contribution < -0.4 is 10.2 Å². The van der Waals surface area contributed by atoms with Gasteiger partial charge in [-0.3, -0.25) is 5.43 Å². The first-order valence-electron chi connectivity index (χ1n) is 5.61. The summed E-state index contributed by atoms with van der Waals surface area (Å²) >= 11 is 5.85. The molecule has 1 N–H and O–H groups in total. The van der Waals surface area contributed by atoms with E-state index in [4.69, 9.17) is 21.6 Å². The summed E-state index contributed by atoms with van der Waals surface area (Å²) in [6, 6.07) is 6.13. The second-order valence-corrected chi connectivity index (χ2v) is 4.27. The van der Waals surface area contributed by atoms with Crippen molar-refractivity contribution < 1.29 is 17.9 Å². The molecule has 1 aromatic carbocycles. The van der Waals surface area contributed by atoms with Gasteiger partial charge in [-0.25, -0.2) is 0 Å². The number of benzene rings is 1. The predicted octanol–water partition coefficient (Wildman–Crippen LogP) is 4.15. The molecule has 1 rings (SSSR count). The number of ether oxygens (including phenoxy) is 1. The summed E-state index contributed by atoms with van der Waals surface area (Å²) in [4.78, 5) is 0. The van der Waals surface area contributed by atoms with Crippen LogP contribution in [0, 0.1) is 11.3 Å². The minimum atomic E-state index is -4.70. The lowest BCUT2D eigenvalue weighted by Crippen LogP contribution is -2.22. The lowest BCUT2D eigenvalue weighted by Gasteiger charge is -2.11. The monoisotopic (exact) mass is 317 g/mol. The fraction of sp³-hybridized carbons (Fsp3) is 0.231. The zero-order valence-electron chi connectivity index (χ0n) is 11.1. The molecule has 112 valence electrons. The molecule has 0 fully saturated rings. The van der Waals surface area contributed by atoms with Gasteiger partial charge in [0.1, 0.15) is 0 Å². The summed E-state index contributed by atoms with van der Waals surface area (Å²) in [5.74, 6) is 0.172. The first kappa shape index (κ1) is 16.9. The molecule has 4 nitrogen and oxygen atoms in total. The molecule has 0 saturated heterocycles. The van der Waals surface area contributed by atoms with E-state index in [1.807, 2.05) is 0 Å². The average Bonchev–Trinajstić information content (AvgIpc) is 2.41. The van der Waals surface area contributed by atoms with Crippen LogP contribution in [0.3, 0.4) is 0 Å². The van der Waals surface area contributed by atoms with E-state index in [1.165, 1.54) is 32.2 Å². The summed E-state index contributed by atoms with van der Waals surface area (Å²) in [6.07, 6.45) is -4.05. The maximum atomic E-state index is 12.8. The van der Waals surface area contributed by atoms with E-state index in [1.54, 1.807) is 6.07 Å². The Morgan fingerprint density at radius 2 is 2.14 bits per heavy atom. The number of alkyl halides is 3. The van der Waals surface area contributed by atoms with Gasteiger partial charge in [-0.1, -0.05) is 17.7 Å². The molecule has 0 bridgehead atoms. The number of hydrazone groups is 1. The van der Waals surface area contributed by atoms with Crippen LogP contribution in [0.15, 0.2) is 34.9 Å². The number of methoxy groups -OCH3 is 1. The highest BCUT2D eigenvalue weighted by Crippen LogP contribution is 2.32. The predicted molar refractivity (Wildman–Crippen MR) is 74.5 cm³/mol. The summed E-state index contributed by atoms with van der Waals surface area (Å²) < 4.78 is 43.4. The second-order valence-electron chi connectivity index (χ2n) is 3.87. The molecule has 0 heterocycles. The van der Waals surface area contributed by atoms with Gasteiger partial charge in [0.2, 0.25) is 0 Å². The van der Waals surface area contributed by atoms with Crippen molar-refractivity contribution >= 4 is 23.0 Å². The van der Waals surface area contributed by atoms with Gasteiger partial charge >= 0.3 is 6.18 Å². The van der Waals surface area contributed by atoms with Gasteiger partial charge in [-0.15, -0.1) is 0 Å². The Kier molecular flexibility index (Phi) is 5.61. The van der Waals surface area contributed by atoms with Crippen LogP contribution in [0.25, 0.3) is 0 Å². The normalized spacial score (nSPS) is 12.8. The largest absolute Gasteiger partial charge is 0.493 e. The molecule has 8 heteroatoms. The van der Waals surface area contributed by atoms with Crippen molar-refractivity contribution in [2.75, 3.05) is 12.5 Å². The highest BCUT2D eigenvalue weighted by atomic mass is 35.5. The molecule has 0 unspecified atom stereocenters. The standard InChI is InChI=1S/C13H11ClF3N3O/c1-8(7-18)6-11(13(15,16)17)20-19-10-5-3-4-9(14)12(10)21-2/h3-6,19H,1-2H3/b8-6+,20-11+. The van der Waals surface area contributed by atoms with Crippen LogP contribution in [-0.2, 0) is 0 Å². The van der Waals surface area contributed by atoms with Crippen molar-refractivity contribution in [2.24, 2.45) is 5.10 Å². The molecular formula is C13H11ClF3N3O. The molecular weight excluding hydrogens is 307 g/mol. The third-order valence-electron chi connectivity index (χ3n) is 2.29. The molecule has 21 heavy (non-hydrogen) atoms. The van der Waals surface area contributed by atoms with Crippen molar-refractivity contribution in [3.63, 3.8) is 0 Å². The number of para-hydroxylation sites is 1. The van der Waals surface area contributed by atoms with E-state index in [0.717, 1.165) is 0 Å². The lowest BCUT2D eigenvalue weighted by atomic mass is 10.2. The summed E-state index contributed by atoms with van der Waals surface area (Å²) in [5.41, 5.74) is 1.07. The number of nitriles is 1. The third kappa shape index (κ3) is 4.68. The Bertz CT molecular complexity index is 618. The molecule has 1 aromatic rings. The number of halogens is 4. The molecule has 0 amide bonds. The first-order chi connectivity index (χ1) is 9.79. The number of nitrogens with one attached hydrogen (secondary N) is 1. The van der Waals surface area contributed by atoms with E-state index < -0.39 is 11.9 Å². The van der Waals surface area contributed by atoms with E-state index in [2.05, 4.69) is 10.5 Å². The van der Waals surface area contributed by atoms with Gasteiger partial charge in [-0.2, -0.15) is 23.5 Å². The van der Waals surface area contributed by atoms with Crippen LogP contribution in [0.4, 0.5) is 18.9 Å². The second kappa shape index (κ2) is 6.99. The van der Waals surface area contributed by atoms with Crippen molar-refractivity contribution in [3.8, 4) is 11.8 Å². The Labute approximate surface area is 124 Å². The number of allylic oxidation sites excluding steroid dienone is 2. The van der Waals surface area contributed by atoms with Gasteiger partial charge in [0.15, 0.2) is 11.5 Å². The number of hydrogen-bond acceptors (Lipinski definition) is 4. The Hall–Kier alpha value is -2.20. The van der Waals surface area contributed by atoms with Gasteiger partial charge < -0.3 is 4.74 Å². The number of rotatable bonds is 4. The zero-order chi connectivity index (χ0) is 16.0. The topological polar surface area (TPSA) is 57.4 Å². The molecule has 0 aliphatic heterocycles. The molecule has 0 saturated carbocycles. The fourth-order valence-corrected chi connectivity index (χ4v) is 1.59. The van der Waals surface area contributed by atoms with Crippen LogP contribution in [0.1, 0.15) is 6.92 Å². The Morgan fingerprint density at radius 1 is 1.48 bits per heavy atom. The highest BCUT2D eigenvalue weighted by molar-refractivity contribution is 6.32. The van der Waals surface area contributed by atoms with E-state index in [0.29, 0.717) is 6.08 Å². The maximum absolute atomic E-state index is 12.8. The van der Waals surface area contributed by atoms with E-state index >= 15 is 0 Å². The lowest BCUT2D eigenvalue weighted by molar-refractivity contribution is -0.0577. The summed E-state index contributed by atoms with van der Waals surface area (Å²) in [7, 11) is 1.33. The quantitative estimate of drug-likeness (QED) is 0.515. The van der Waals surface area contributed by atoms with Gasteiger partial charge in [0.25, 0.3) is 0 Å². The zero-order valence-corrected chi connectivity index (χ0v) is 11.9. The van der Waals surface area contributed by atoms with E-state index in [-0.39, 0.29) is 22.0 Å². The molecule has 0 spiro atoms. The summed E-state index contributed by atoms with van der Waals surface area (Å²) in [5, 5.41) is 12.1. The van der Waals surface area contributed by atoms with Gasteiger partial charge in [0.05, 0.1) is 23.9 Å². The van der Waals surface area contributed by atoms with Crippen LogP contribution in [-0.4, -0.2) is 19.0 Å². The first-order valence-corrected chi connectivity index (χ1v) is 5.99. The highest BCUT2D eigenvalue weighted by Gasteiger charge is 2.34. The smallest absolute Gasteiger partial charge is 0.435 e. The maximum Gasteiger partial charge on any atom is 0.435 e. The fourth-order valence-electron chi connectivity index (χ4n) is 1.34. The average molecular weight is 318 g/mol. The minimum absolute atomic E-state index is 0.120. The molecule has 0 radical (unpaired) electrons. The van der Waals surface area contributed by atoms with Crippen LogP contribution in [0.5, 0.6) is 5.75 Å². The van der Waals surface area contributed by atoms with Crippen LogP contribution >= 0.6 is 11.6 Å². The summed E-state index contributed by atoms with van der Waals surface area (Å²) in [6.45, 7) is 1.25. The molecule has 0 aliphatic rings. The minimum Gasteiger partial charge on any atom is -0.493 e. The number of anilines is 1. The molecule has 0 atom stereocenters. The Balaban J connectivity index is 3.16. The van der Waals surface area contributed by atoms with Gasteiger partial charge in [-0.05, 0) is 25.1 Å². The van der Waals surface area contributed by atoms with Crippen LogP contribution in [0.2, 0.25) is 5.02 Å². The van der Waals surface area contributed by atoms with E-state index in [9.17, 15) is 13.2 Å². The number of nitrogens with zero attached hydrogens (tertiary/aromatic N) is 2. The molecule has 0 aromatic heterocycles. The van der Waals surface area contributed by atoms with Crippen molar-refractivity contribution in [1.29, 1.82) is 5.26 Å². The van der Waals surface area contributed by atoms with Gasteiger partial charge in [0, 0.05) is 5.57 Å². The SMILES string of the molecule is COc1c(Cl)cccc1N/N=C(\C=C(/C)C#N)C(F)(F)F. The van der Waals surface area contributed by atoms with Crippen molar-refractivity contribution in [2.45, 2.75) is 13.1 Å². The Morgan fingerprint density at radius 3 is 2.67 bits per heavy atom. The van der Waals surface area contributed by atoms with Crippen molar-refractivity contribution in [1.82, 2.24) is 0 Å². The molecule has 0 aliphatic carbocycles. The van der Waals surface area contributed by atoms with Crippen molar-refractivity contribution in [3.05, 3.63) is 34.9 Å². The third-order valence-corrected chi connectivity index (χ3v) is 2.59. The number of hydrogen-bond donors (Lipinski definition) is 1.